The molecule has 0 bridgehead atoms. The third-order valence-electron chi connectivity index (χ3n) is 4.91. The van der Waals surface area contributed by atoms with Gasteiger partial charge in [-0.25, -0.2) is 13.4 Å². The number of anilines is 1. The largest absolute Gasteiger partial charge is 0.278 e. The third-order valence-corrected chi connectivity index (χ3v) is 7.11. The molecular formula is C23H21N3O3S2. The molecule has 4 aromatic rings. The highest BCUT2D eigenvalue weighted by Gasteiger charge is 2.27. The summed E-state index contributed by atoms with van der Waals surface area (Å²) in [5, 5.41) is 0.509. The maximum atomic E-state index is 13.6. The molecule has 0 fully saturated rings. The Labute approximate surface area is 185 Å². The van der Waals surface area contributed by atoms with Crippen molar-refractivity contribution in [1.82, 2.24) is 9.97 Å². The highest BCUT2D eigenvalue weighted by molar-refractivity contribution is 7.90. The highest BCUT2D eigenvalue weighted by atomic mass is 32.2. The number of hydrogen-bond acceptors (Lipinski definition) is 6. The van der Waals surface area contributed by atoms with Gasteiger partial charge >= 0.3 is 0 Å². The summed E-state index contributed by atoms with van der Waals surface area (Å²) in [6, 6.07) is 17.7. The summed E-state index contributed by atoms with van der Waals surface area (Å²) in [5.74, 6) is -0.427. The molecule has 0 saturated carbocycles. The lowest BCUT2D eigenvalue weighted by molar-refractivity contribution is 0.0981. The number of fused-ring (bicyclic) bond motifs is 1. The van der Waals surface area contributed by atoms with Gasteiger partial charge in [0.25, 0.3) is 5.91 Å². The molecule has 2 aromatic carbocycles. The quantitative estimate of drug-likeness (QED) is 0.431. The van der Waals surface area contributed by atoms with Crippen LogP contribution in [0.4, 0.5) is 5.13 Å². The Morgan fingerprint density at radius 1 is 1.03 bits per heavy atom. The Morgan fingerprint density at radius 2 is 1.81 bits per heavy atom. The zero-order chi connectivity index (χ0) is 22.0. The van der Waals surface area contributed by atoms with Crippen molar-refractivity contribution in [2.24, 2.45) is 0 Å². The summed E-state index contributed by atoms with van der Waals surface area (Å²) in [4.78, 5) is 24.3. The molecular weight excluding hydrogens is 430 g/mol. The van der Waals surface area contributed by atoms with E-state index in [0.29, 0.717) is 10.8 Å². The Balaban J connectivity index is 1.86. The first-order chi connectivity index (χ1) is 14.9. The van der Waals surface area contributed by atoms with Crippen LogP contribution in [0.5, 0.6) is 0 Å². The summed E-state index contributed by atoms with van der Waals surface area (Å²) >= 11 is 1.41. The molecule has 0 saturated heterocycles. The number of carbonyl (C=O) groups excluding carboxylic acids is 1. The second-order valence-corrected chi connectivity index (χ2v) is 10.1. The van der Waals surface area contributed by atoms with Gasteiger partial charge in [0.1, 0.15) is 0 Å². The van der Waals surface area contributed by atoms with Gasteiger partial charge < -0.3 is 0 Å². The molecule has 0 radical (unpaired) electrons. The van der Waals surface area contributed by atoms with Crippen molar-refractivity contribution in [3.05, 3.63) is 83.7 Å². The van der Waals surface area contributed by atoms with E-state index in [9.17, 15) is 13.2 Å². The van der Waals surface area contributed by atoms with Crippen molar-refractivity contribution >= 4 is 42.4 Å². The van der Waals surface area contributed by atoms with Crippen LogP contribution >= 0.6 is 11.3 Å². The van der Waals surface area contributed by atoms with Crippen LogP contribution < -0.4 is 4.90 Å². The Hall–Kier alpha value is -3.10. The van der Waals surface area contributed by atoms with Crippen LogP contribution in [-0.2, 0) is 22.8 Å². The number of sulfone groups is 1. The molecule has 0 aliphatic rings. The zero-order valence-electron chi connectivity index (χ0n) is 17.1. The van der Waals surface area contributed by atoms with Crippen LogP contribution in [0, 0.1) is 0 Å². The number of benzene rings is 2. The number of carbonyl (C=O) groups is 1. The van der Waals surface area contributed by atoms with Crippen LogP contribution in [0.2, 0.25) is 0 Å². The average Bonchev–Trinajstić information content (AvgIpc) is 3.21. The molecule has 0 atom stereocenters. The van der Waals surface area contributed by atoms with Gasteiger partial charge in [-0.05, 0) is 42.3 Å². The van der Waals surface area contributed by atoms with Crippen molar-refractivity contribution < 1.29 is 13.2 Å². The number of para-hydroxylation sites is 1. The van der Waals surface area contributed by atoms with E-state index in [0.717, 1.165) is 28.5 Å². The Morgan fingerprint density at radius 3 is 2.52 bits per heavy atom. The number of pyridine rings is 1. The normalized spacial score (nSPS) is 11.5. The third kappa shape index (κ3) is 4.35. The summed E-state index contributed by atoms with van der Waals surface area (Å²) in [5.41, 5.74) is 2.76. The molecule has 0 spiro atoms. The van der Waals surface area contributed by atoms with E-state index in [-0.39, 0.29) is 17.0 Å². The number of aromatic nitrogens is 2. The second-order valence-electron chi connectivity index (χ2n) is 7.09. The lowest BCUT2D eigenvalue weighted by atomic mass is 10.1. The summed E-state index contributed by atoms with van der Waals surface area (Å²) in [6.45, 7) is 2.24. The first-order valence-corrected chi connectivity index (χ1v) is 12.5. The van der Waals surface area contributed by atoms with E-state index in [1.165, 1.54) is 28.4 Å². The molecule has 0 N–H and O–H groups in total. The number of aryl methyl sites for hydroxylation is 1. The molecule has 8 heteroatoms. The maximum absolute atomic E-state index is 13.6. The van der Waals surface area contributed by atoms with Gasteiger partial charge in [-0.3, -0.25) is 14.7 Å². The topological polar surface area (TPSA) is 80.2 Å². The molecule has 0 aliphatic carbocycles. The SMILES string of the molecule is CCc1cccc2sc(N(Cc3ccccn3)C(=O)c3ccccc3S(C)(=O)=O)nc12. The minimum Gasteiger partial charge on any atom is -0.278 e. The number of rotatable bonds is 6. The molecule has 2 aromatic heterocycles. The van der Waals surface area contributed by atoms with Crippen LogP contribution in [-0.4, -0.2) is 30.5 Å². The standard InChI is InChI=1S/C23H21N3O3S2/c1-3-16-9-8-12-19-21(16)25-23(30-19)26(15-17-10-6-7-14-24-17)22(27)18-11-4-5-13-20(18)31(2,28)29/h4-14H,3,15H2,1-2H3. The molecule has 1 amide bonds. The van der Waals surface area contributed by atoms with Crippen LogP contribution in [0.3, 0.4) is 0 Å². The molecule has 158 valence electrons. The maximum Gasteiger partial charge on any atom is 0.261 e. The lowest BCUT2D eigenvalue weighted by Crippen LogP contribution is -2.31. The summed E-state index contributed by atoms with van der Waals surface area (Å²) in [7, 11) is -3.58. The highest BCUT2D eigenvalue weighted by Crippen LogP contribution is 2.33. The molecule has 4 rings (SSSR count). The molecule has 0 aliphatic heterocycles. The van der Waals surface area contributed by atoms with Crippen molar-refractivity contribution in [3.8, 4) is 0 Å². The fourth-order valence-corrected chi connectivity index (χ4v) is 5.28. The van der Waals surface area contributed by atoms with Gasteiger partial charge in [-0.15, -0.1) is 0 Å². The number of amides is 1. The monoisotopic (exact) mass is 451 g/mol. The van der Waals surface area contributed by atoms with Gasteiger partial charge in [0.05, 0.1) is 32.9 Å². The van der Waals surface area contributed by atoms with E-state index in [1.807, 2.05) is 30.3 Å². The smallest absolute Gasteiger partial charge is 0.261 e. The van der Waals surface area contributed by atoms with Crippen LogP contribution in [0.25, 0.3) is 10.2 Å². The number of hydrogen-bond donors (Lipinski definition) is 0. The van der Waals surface area contributed by atoms with Crippen molar-refractivity contribution in [3.63, 3.8) is 0 Å². The fourth-order valence-electron chi connectivity index (χ4n) is 3.39. The predicted octanol–water partition coefficient (Wildman–Crippen LogP) is 4.50. The van der Waals surface area contributed by atoms with E-state index in [4.69, 9.17) is 4.98 Å². The van der Waals surface area contributed by atoms with Gasteiger partial charge in [0.2, 0.25) is 0 Å². The minimum absolute atomic E-state index is 0.00128. The summed E-state index contributed by atoms with van der Waals surface area (Å²) in [6.07, 6.45) is 3.59. The Bertz CT molecular complexity index is 1350. The van der Waals surface area contributed by atoms with Gasteiger partial charge in [-0.1, -0.05) is 48.6 Å². The second kappa shape index (κ2) is 8.56. The van der Waals surface area contributed by atoms with E-state index in [1.54, 1.807) is 24.4 Å². The first-order valence-electron chi connectivity index (χ1n) is 9.77. The first kappa shape index (κ1) is 21.1. The van der Waals surface area contributed by atoms with Crippen LogP contribution in [0.1, 0.15) is 28.5 Å². The number of thiazole rings is 1. The van der Waals surface area contributed by atoms with Gasteiger partial charge in [-0.2, -0.15) is 0 Å². The fraction of sp³-hybridized carbons (Fsp3) is 0.174. The van der Waals surface area contributed by atoms with Crippen molar-refractivity contribution in [2.45, 2.75) is 24.8 Å². The molecule has 2 heterocycles. The average molecular weight is 452 g/mol. The van der Waals surface area contributed by atoms with Crippen LogP contribution in [0.15, 0.2) is 71.8 Å². The van der Waals surface area contributed by atoms with Gasteiger partial charge in [0.15, 0.2) is 15.0 Å². The van der Waals surface area contributed by atoms with E-state index >= 15 is 0 Å². The minimum atomic E-state index is -3.58. The summed E-state index contributed by atoms with van der Waals surface area (Å²) < 4.78 is 25.6. The van der Waals surface area contributed by atoms with E-state index in [2.05, 4.69) is 11.9 Å². The zero-order valence-corrected chi connectivity index (χ0v) is 18.8. The van der Waals surface area contributed by atoms with Gasteiger partial charge in [0, 0.05) is 12.5 Å². The molecule has 0 unspecified atom stereocenters. The lowest BCUT2D eigenvalue weighted by Gasteiger charge is -2.20. The predicted molar refractivity (Wildman–Crippen MR) is 123 cm³/mol. The van der Waals surface area contributed by atoms with E-state index < -0.39 is 15.7 Å². The Kier molecular flexibility index (Phi) is 5.84. The van der Waals surface area contributed by atoms with Crippen molar-refractivity contribution in [2.75, 3.05) is 11.2 Å². The molecule has 31 heavy (non-hydrogen) atoms. The van der Waals surface area contributed by atoms with Crippen molar-refractivity contribution in [1.29, 1.82) is 0 Å². The number of nitrogens with zero attached hydrogens (tertiary/aromatic N) is 3. The molecule has 6 nitrogen and oxygen atoms in total.